The first kappa shape index (κ1) is 23.9. The van der Waals surface area contributed by atoms with E-state index in [2.05, 4.69) is 51.1 Å². The minimum absolute atomic E-state index is 0.0140. The third-order valence-corrected chi connectivity index (χ3v) is 7.23. The molecule has 3 heteroatoms. The number of carbonyl (C=O) groups excluding carboxylic acids is 1. The molecular formula is C31H35NO2. The van der Waals surface area contributed by atoms with Crippen LogP contribution in [-0.2, 0) is 14.9 Å². The van der Waals surface area contributed by atoms with Gasteiger partial charge in [-0.05, 0) is 42.1 Å². The molecule has 0 saturated heterocycles. The summed E-state index contributed by atoms with van der Waals surface area (Å²) in [6.07, 6.45) is 2.92. The van der Waals surface area contributed by atoms with Crippen molar-refractivity contribution in [2.75, 3.05) is 6.54 Å². The molecule has 34 heavy (non-hydrogen) atoms. The first-order valence-electron chi connectivity index (χ1n) is 12.4. The molecule has 0 bridgehead atoms. The van der Waals surface area contributed by atoms with Crippen LogP contribution in [0.3, 0.4) is 0 Å². The molecule has 1 saturated carbocycles. The molecule has 0 heterocycles. The summed E-state index contributed by atoms with van der Waals surface area (Å²) in [4.78, 5) is 17.8. The molecule has 4 rings (SSSR count). The van der Waals surface area contributed by atoms with Crippen molar-refractivity contribution in [2.45, 2.75) is 51.6 Å². The third-order valence-electron chi connectivity index (χ3n) is 7.23. The Hall–Kier alpha value is -3.20. The van der Waals surface area contributed by atoms with Gasteiger partial charge in [-0.15, -0.1) is 0 Å². The second kappa shape index (κ2) is 10.8. The highest BCUT2D eigenvalue weighted by molar-refractivity contribution is 6.13. The molecule has 1 fully saturated rings. The Labute approximate surface area is 203 Å². The zero-order valence-corrected chi connectivity index (χ0v) is 20.5. The van der Waals surface area contributed by atoms with E-state index in [9.17, 15) is 4.79 Å². The van der Waals surface area contributed by atoms with Crippen LogP contribution in [0.15, 0.2) is 96.0 Å². The maximum atomic E-state index is 13.1. The van der Waals surface area contributed by atoms with Crippen LogP contribution in [0.2, 0.25) is 0 Å². The Bertz CT molecular complexity index is 1050. The van der Waals surface area contributed by atoms with E-state index in [4.69, 9.17) is 9.73 Å². The standard InChI is InChI=1S/C31H35NO2/c1-23(2)27-19-20-31(3,26-17-11-6-12-18-26)21-28(27)34-29(33)22-32-30(24-13-7-4-8-14-24)25-15-9-5-10-16-25/h4-18,23,27-28H,19-22H2,1-3H3. The molecule has 0 aliphatic heterocycles. The highest BCUT2D eigenvalue weighted by atomic mass is 16.5. The Balaban J connectivity index is 1.53. The Kier molecular flexibility index (Phi) is 7.62. The molecule has 0 spiro atoms. The first-order valence-corrected chi connectivity index (χ1v) is 12.4. The van der Waals surface area contributed by atoms with Crippen molar-refractivity contribution in [2.24, 2.45) is 16.8 Å². The van der Waals surface area contributed by atoms with E-state index in [1.165, 1.54) is 5.56 Å². The molecule has 1 aliphatic rings. The van der Waals surface area contributed by atoms with E-state index in [0.717, 1.165) is 36.1 Å². The lowest BCUT2D eigenvalue weighted by molar-refractivity contribution is -0.154. The topological polar surface area (TPSA) is 38.7 Å². The van der Waals surface area contributed by atoms with Crippen LogP contribution in [0, 0.1) is 11.8 Å². The molecule has 3 aromatic rings. The predicted octanol–water partition coefficient (Wildman–Crippen LogP) is 6.85. The van der Waals surface area contributed by atoms with Crippen molar-refractivity contribution in [1.29, 1.82) is 0 Å². The lowest BCUT2D eigenvalue weighted by Gasteiger charge is -2.44. The molecule has 3 aromatic carbocycles. The van der Waals surface area contributed by atoms with E-state index in [1.54, 1.807) is 0 Å². The largest absolute Gasteiger partial charge is 0.461 e. The highest BCUT2D eigenvalue weighted by Crippen LogP contribution is 2.44. The van der Waals surface area contributed by atoms with Gasteiger partial charge in [-0.3, -0.25) is 9.79 Å². The van der Waals surface area contributed by atoms with Gasteiger partial charge < -0.3 is 4.74 Å². The molecule has 176 valence electrons. The average molecular weight is 454 g/mol. The van der Waals surface area contributed by atoms with Gasteiger partial charge in [0.05, 0.1) is 5.71 Å². The SMILES string of the molecule is CC(C)C1CCC(C)(c2ccccc2)CC1OC(=O)CN=C(c1ccccc1)c1ccccc1. The Morgan fingerprint density at radius 2 is 1.44 bits per heavy atom. The van der Waals surface area contributed by atoms with E-state index in [1.807, 2.05) is 60.7 Å². The quantitative estimate of drug-likeness (QED) is 0.290. The summed E-state index contributed by atoms with van der Waals surface area (Å²) in [6.45, 7) is 6.79. The number of hydrogen-bond acceptors (Lipinski definition) is 3. The molecule has 3 unspecified atom stereocenters. The molecule has 0 radical (unpaired) electrons. The first-order chi connectivity index (χ1) is 16.5. The second-order valence-corrected chi connectivity index (χ2v) is 10.0. The molecule has 1 aliphatic carbocycles. The van der Waals surface area contributed by atoms with Gasteiger partial charge in [-0.25, -0.2) is 0 Å². The fraction of sp³-hybridized carbons (Fsp3) is 0.355. The number of aliphatic imine (C=N–C) groups is 1. The number of nitrogens with zero attached hydrogens (tertiary/aromatic N) is 1. The molecular weight excluding hydrogens is 418 g/mol. The van der Waals surface area contributed by atoms with Crippen molar-refractivity contribution in [1.82, 2.24) is 0 Å². The monoisotopic (exact) mass is 453 g/mol. The van der Waals surface area contributed by atoms with Crippen molar-refractivity contribution in [3.63, 3.8) is 0 Å². The van der Waals surface area contributed by atoms with Gasteiger partial charge in [-0.1, -0.05) is 112 Å². The van der Waals surface area contributed by atoms with E-state index in [0.29, 0.717) is 11.8 Å². The van der Waals surface area contributed by atoms with Gasteiger partial charge in [0.2, 0.25) is 0 Å². The highest BCUT2D eigenvalue weighted by Gasteiger charge is 2.41. The van der Waals surface area contributed by atoms with Crippen LogP contribution in [0.25, 0.3) is 0 Å². The Morgan fingerprint density at radius 3 is 1.97 bits per heavy atom. The summed E-state index contributed by atoms with van der Waals surface area (Å²) in [5.41, 5.74) is 4.15. The van der Waals surface area contributed by atoms with Gasteiger partial charge in [-0.2, -0.15) is 0 Å². The van der Waals surface area contributed by atoms with Gasteiger partial charge >= 0.3 is 5.97 Å². The number of rotatable bonds is 7. The third kappa shape index (κ3) is 5.64. The fourth-order valence-electron chi connectivity index (χ4n) is 5.25. The zero-order valence-electron chi connectivity index (χ0n) is 20.5. The molecule has 0 N–H and O–H groups in total. The van der Waals surface area contributed by atoms with Crippen LogP contribution in [-0.4, -0.2) is 24.3 Å². The van der Waals surface area contributed by atoms with E-state index >= 15 is 0 Å². The number of ether oxygens (including phenoxy) is 1. The van der Waals surface area contributed by atoms with Crippen LogP contribution >= 0.6 is 0 Å². The molecule has 3 nitrogen and oxygen atoms in total. The normalized spacial score (nSPS) is 22.2. The summed E-state index contributed by atoms with van der Waals surface area (Å²) in [5.74, 6) is 0.579. The van der Waals surface area contributed by atoms with E-state index < -0.39 is 0 Å². The minimum atomic E-state index is -0.252. The Morgan fingerprint density at radius 1 is 0.912 bits per heavy atom. The van der Waals surface area contributed by atoms with Gasteiger partial charge in [0, 0.05) is 11.1 Å². The van der Waals surface area contributed by atoms with Crippen LogP contribution < -0.4 is 0 Å². The van der Waals surface area contributed by atoms with Gasteiger partial charge in [0.15, 0.2) is 0 Å². The van der Waals surface area contributed by atoms with Gasteiger partial charge in [0.1, 0.15) is 12.6 Å². The van der Waals surface area contributed by atoms with Gasteiger partial charge in [0.25, 0.3) is 0 Å². The number of carbonyl (C=O) groups is 1. The molecule has 3 atom stereocenters. The van der Waals surface area contributed by atoms with E-state index in [-0.39, 0.29) is 24.0 Å². The van der Waals surface area contributed by atoms with Crippen LogP contribution in [0.5, 0.6) is 0 Å². The summed E-state index contributed by atoms with van der Waals surface area (Å²) in [7, 11) is 0. The van der Waals surface area contributed by atoms with Crippen molar-refractivity contribution in [3.05, 3.63) is 108 Å². The summed E-state index contributed by atoms with van der Waals surface area (Å²) in [6, 6.07) is 30.7. The summed E-state index contributed by atoms with van der Waals surface area (Å²) < 4.78 is 6.16. The zero-order chi connectivity index (χ0) is 24.0. The van der Waals surface area contributed by atoms with Crippen LogP contribution in [0.4, 0.5) is 0 Å². The predicted molar refractivity (Wildman–Crippen MR) is 139 cm³/mol. The maximum absolute atomic E-state index is 13.1. The summed E-state index contributed by atoms with van der Waals surface area (Å²) >= 11 is 0. The van der Waals surface area contributed by atoms with Crippen molar-refractivity contribution >= 4 is 11.7 Å². The fourth-order valence-corrected chi connectivity index (χ4v) is 5.25. The minimum Gasteiger partial charge on any atom is -0.461 e. The second-order valence-electron chi connectivity index (χ2n) is 10.0. The number of hydrogen-bond donors (Lipinski definition) is 0. The van der Waals surface area contributed by atoms with Crippen molar-refractivity contribution in [3.8, 4) is 0 Å². The lowest BCUT2D eigenvalue weighted by Crippen LogP contribution is -2.42. The average Bonchev–Trinajstić information content (AvgIpc) is 2.86. The van der Waals surface area contributed by atoms with Crippen molar-refractivity contribution < 1.29 is 9.53 Å². The molecule has 0 aromatic heterocycles. The van der Waals surface area contributed by atoms with Crippen LogP contribution in [0.1, 0.15) is 56.7 Å². The lowest BCUT2D eigenvalue weighted by atomic mass is 9.64. The molecule has 0 amide bonds. The maximum Gasteiger partial charge on any atom is 0.327 e. The summed E-state index contributed by atoms with van der Waals surface area (Å²) in [5, 5.41) is 0. The number of esters is 1. The number of benzene rings is 3. The smallest absolute Gasteiger partial charge is 0.327 e.